The summed E-state index contributed by atoms with van der Waals surface area (Å²) in [5.41, 5.74) is -0.347. The van der Waals surface area contributed by atoms with Gasteiger partial charge in [0.25, 0.3) is 5.91 Å². The van der Waals surface area contributed by atoms with Crippen molar-refractivity contribution in [3.63, 3.8) is 0 Å². The van der Waals surface area contributed by atoms with Gasteiger partial charge in [0.2, 0.25) is 5.91 Å². The molecule has 20 heavy (non-hydrogen) atoms. The highest BCUT2D eigenvalue weighted by atomic mass is 19.1. The fraction of sp³-hybridized carbons (Fsp3) is 0.429. The number of ether oxygens (including phenoxy) is 1. The molecule has 5 nitrogen and oxygen atoms in total. The molecule has 0 atom stereocenters. The molecule has 0 aliphatic carbocycles. The Morgan fingerprint density at radius 2 is 1.95 bits per heavy atom. The Bertz CT molecular complexity index is 484. The van der Waals surface area contributed by atoms with E-state index in [0.717, 1.165) is 0 Å². The molecule has 2 N–H and O–H groups in total. The maximum Gasteiger partial charge on any atom is 0.258 e. The van der Waals surface area contributed by atoms with Gasteiger partial charge in [0, 0.05) is 11.6 Å². The average molecular weight is 282 g/mol. The first kappa shape index (κ1) is 15.9. The summed E-state index contributed by atoms with van der Waals surface area (Å²) in [5.74, 6) is -0.901. The van der Waals surface area contributed by atoms with E-state index in [1.54, 1.807) is 6.07 Å². The van der Waals surface area contributed by atoms with Crippen LogP contribution in [0.5, 0.6) is 5.75 Å². The molecule has 6 heteroatoms. The topological polar surface area (TPSA) is 67.4 Å². The smallest absolute Gasteiger partial charge is 0.258 e. The predicted molar refractivity (Wildman–Crippen MR) is 72.8 cm³/mol. The van der Waals surface area contributed by atoms with E-state index in [2.05, 4.69) is 10.6 Å². The van der Waals surface area contributed by atoms with Crippen molar-refractivity contribution in [3.8, 4) is 5.75 Å². The molecule has 0 aliphatic heterocycles. The lowest BCUT2D eigenvalue weighted by Crippen LogP contribution is -2.46. The zero-order chi connectivity index (χ0) is 15.2. The molecule has 0 spiro atoms. The highest BCUT2D eigenvalue weighted by Gasteiger charge is 2.14. The number of benzene rings is 1. The lowest BCUT2D eigenvalue weighted by atomic mass is 10.1. The van der Waals surface area contributed by atoms with Crippen molar-refractivity contribution in [2.24, 2.45) is 0 Å². The van der Waals surface area contributed by atoms with Crippen molar-refractivity contribution >= 4 is 11.8 Å². The van der Waals surface area contributed by atoms with Crippen LogP contribution in [0.4, 0.5) is 4.39 Å². The number of hydrogen-bond donors (Lipinski definition) is 2. The Balaban J connectivity index is 2.29. The Morgan fingerprint density at radius 3 is 2.55 bits per heavy atom. The Kier molecular flexibility index (Phi) is 5.49. The van der Waals surface area contributed by atoms with Gasteiger partial charge >= 0.3 is 0 Å². The summed E-state index contributed by atoms with van der Waals surface area (Å²) in [5, 5.41) is 5.13. The van der Waals surface area contributed by atoms with Crippen LogP contribution in [0.3, 0.4) is 0 Å². The fourth-order valence-electron chi connectivity index (χ4n) is 1.40. The van der Waals surface area contributed by atoms with Crippen LogP contribution in [-0.2, 0) is 9.59 Å². The molecule has 0 heterocycles. The van der Waals surface area contributed by atoms with Crippen molar-refractivity contribution in [2.75, 3.05) is 13.2 Å². The van der Waals surface area contributed by atoms with E-state index < -0.39 is 11.7 Å². The quantitative estimate of drug-likeness (QED) is 0.853. The van der Waals surface area contributed by atoms with Gasteiger partial charge in [-0.1, -0.05) is 6.07 Å². The van der Waals surface area contributed by atoms with Crippen molar-refractivity contribution in [1.82, 2.24) is 10.6 Å². The molecule has 0 fully saturated rings. The average Bonchev–Trinajstić information content (AvgIpc) is 2.32. The SMILES string of the molecule is CC(C)(C)NC(=O)CNC(=O)COc1cccc(F)c1. The number of nitrogens with one attached hydrogen (secondary N) is 2. The Labute approximate surface area is 117 Å². The minimum Gasteiger partial charge on any atom is -0.484 e. The van der Waals surface area contributed by atoms with Crippen molar-refractivity contribution in [2.45, 2.75) is 26.3 Å². The number of carbonyl (C=O) groups is 2. The van der Waals surface area contributed by atoms with Crippen molar-refractivity contribution < 1.29 is 18.7 Å². The molecule has 0 aromatic heterocycles. The molecular weight excluding hydrogens is 263 g/mol. The normalized spacial score (nSPS) is 10.8. The van der Waals surface area contributed by atoms with Crippen LogP contribution in [0.15, 0.2) is 24.3 Å². The summed E-state index contributed by atoms with van der Waals surface area (Å²) in [6, 6.07) is 5.49. The number of carbonyl (C=O) groups excluding carboxylic acids is 2. The van der Waals surface area contributed by atoms with Crippen LogP contribution in [0, 0.1) is 5.82 Å². The van der Waals surface area contributed by atoms with Crippen LogP contribution in [0.1, 0.15) is 20.8 Å². The lowest BCUT2D eigenvalue weighted by molar-refractivity contribution is -0.127. The molecule has 0 radical (unpaired) electrons. The molecule has 1 aromatic carbocycles. The molecule has 0 saturated heterocycles. The van der Waals surface area contributed by atoms with Gasteiger partial charge < -0.3 is 15.4 Å². The number of amides is 2. The van der Waals surface area contributed by atoms with Gasteiger partial charge in [-0.15, -0.1) is 0 Å². The number of hydrogen-bond acceptors (Lipinski definition) is 3. The van der Waals surface area contributed by atoms with Gasteiger partial charge in [-0.2, -0.15) is 0 Å². The minimum absolute atomic E-state index is 0.122. The first-order chi connectivity index (χ1) is 9.26. The van der Waals surface area contributed by atoms with E-state index >= 15 is 0 Å². The van der Waals surface area contributed by atoms with Gasteiger partial charge in [-0.05, 0) is 32.9 Å². The zero-order valence-electron chi connectivity index (χ0n) is 11.8. The Hall–Kier alpha value is -2.11. The van der Waals surface area contributed by atoms with Gasteiger partial charge in [-0.25, -0.2) is 4.39 Å². The second-order valence-electron chi connectivity index (χ2n) is 5.32. The van der Waals surface area contributed by atoms with Gasteiger partial charge in [0.1, 0.15) is 11.6 Å². The Morgan fingerprint density at radius 1 is 1.25 bits per heavy atom. The zero-order valence-corrected chi connectivity index (χ0v) is 11.8. The van der Waals surface area contributed by atoms with E-state index in [1.165, 1.54) is 18.2 Å². The molecule has 0 unspecified atom stereocenters. The van der Waals surface area contributed by atoms with Gasteiger partial charge in [-0.3, -0.25) is 9.59 Å². The molecule has 0 bridgehead atoms. The maximum atomic E-state index is 12.9. The van der Waals surface area contributed by atoms with Crippen molar-refractivity contribution in [1.29, 1.82) is 0 Å². The van der Waals surface area contributed by atoms with E-state index in [9.17, 15) is 14.0 Å². The van der Waals surface area contributed by atoms with Gasteiger partial charge in [0.05, 0.1) is 6.54 Å². The molecule has 0 saturated carbocycles. The van der Waals surface area contributed by atoms with Crippen LogP contribution in [0.2, 0.25) is 0 Å². The molecular formula is C14H19FN2O3. The largest absolute Gasteiger partial charge is 0.484 e. The van der Waals surface area contributed by atoms with Gasteiger partial charge in [0.15, 0.2) is 6.61 Å². The summed E-state index contributed by atoms with van der Waals surface area (Å²) >= 11 is 0. The highest BCUT2D eigenvalue weighted by Crippen LogP contribution is 2.11. The molecule has 110 valence electrons. The summed E-state index contributed by atoms with van der Waals surface area (Å²) in [6.07, 6.45) is 0. The first-order valence-electron chi connectivity index (χ1n) is 6.22. The second-order valence-corrected chi connectivity index (χ2v) is 5.32. The fourth-order valence-corrected chi connectivity index (χ4v) is 1.40. The van der Waals surface area contributed by atoms with E-state index in [0.29, 0.717) is 0 Å². The minimum atomic E-state index is -0.446. The van der Waals surface area contributed by atoms with E-state index in [1.807, 2.05) is 20.8 Å². The number of halogens is 1. The third kappa shape index (κ3) is 6.72. The highest BCUT2D eigenvalue weighted by molar-refractivity contribution is 5.85. The van der Waals surface area contributed by atoms with Crippen molar-refractivity contribution in [3.05, 3.63) is 30.1 Å². The monoisotopic (exact) mass is 282 g/mol. The van der Waals surface area contributed by atoms with Crippen LogP contribution in [0.25, 0.3) is 0 Å². The van der Waals surface area contributed by atoms with Crippen LogP contribution >= 0.6 is 0 Å². The standard InChI is InChI=1S/C14H19FN2O3/c1-14(2,3)17-12(18)8-16-13(19)9-20-11-6-4-5-10(15)7-11/h4-7H,8-9H2,1-3H3,(H,16,19)(H,17,18). The second kappa shape index (κ2) is 6.88. The molecule has 0 aliphatic rings. The number of rotatable bonds is 5. The third-order valence-electron chi connectivity index (χ3n) is 2.13. The van der Waals surface area contributed by atoms with E-state index in [4.69, 9.17) is 4.74 Å². The molecule has 1 aromatic rings. The molecule has 2 amide bonds. The summed E-state index contributed by atoms with van der Waals surface area (Å²) in [4.78, 5) is 22.9. The van der Waals surface area contributed by atoms with E-state index in [-0.39, 0.29) is 30.3 Å². The van der Waals surface area contributed by atoms with Crippen LogP contribution < -0.4 is 15.4 Å². The first-order valence-corrected chi connectivity index (χ1v) is 6.22. The molecule has 1 rings (SSSR count). The summed E-state index contributed by atoms with van der Waals surface area (Å²) in [7, 11) is 0. The summed E-state index contributed by atoms with van der Waals surface area (Å²) in [6.45, 7) is 5.15. The third-order valence-corrected chi connectivity index (χ3v) is 2.13. The summed E-state index contributed by atoms with van der Waals surface area (Å²) < 4.78 is 18.0. The predicted octanol–water partition coefficient (Wildman–Crippen LogP) is 1.24. The lowest BCUT2D eigenvalue weighted by Gasteiger charge is -2.20. The maximum absolute atomic E-state index is 12.9. The van der Waals surface area contributed by atoms with Crippen LogP contribution in [-0.4, -0.2) is 30.5 Å².